The summed E-state index contributed by atoms with van der Waals surface area (Å²) < 4.78 is 7.95. The van der Waals surface area contributed by atoms with Crippen molar-refractivity contribution in [3.8, 4) is 5.75 Å². The van der Waals surface area contributed by atoms with Gasteiger partial charge in [0.25, 0.3) is 0 Å². The molecule has 0 radical (unpaired) electrons. The molecule has 0 aliphatic rings. The van der Waals surface area contributed by atoms with Gasteiger partial charge in [0.05, 0.1) is 0 Å². The summed E-state index contributed by atoms with van der Waals surface area (Å²) >= 11 is 0. The summed E-state index contributed by atoms with van der Waals surface area (Å²) in [6.07, 6.45) is 1.78. The van der Waals surface area contributed by atoms with Gasteiger partial charge in [-0.1, -0.05) is 25.1 Å². The quantitative estimate of drug-likeness (QED) is 0.885. The smallest absolute Gasteiger partial charge is 0.170 e. The average molecular weight is 288 g/mol. The van der Waals surface area contributed by atoms with Crippen LogP contribution in [0, 0.1) is 13.8 Å². The van der Waals surface area contributed by atoms with Crippen molar-refractivity contribution in [3.05, 3.63) is 41.0 Å². The van der Waals surface area contributed by atoms with Gasteiger partial charge < -0.3 is 15.0 Å². The molecular formula is C16H24N4O. The minimum Gasteiger partial charge on any atom is -0.485 e. The van der Waals surface area contributed by atoms with Gasteiger partial charge in [-0.05, 0) is 37.8 Å². The standard InChI is InChI=1S/C16H24N4O/c1-5-14(17)9-13-8-6-7-11(2)16(13)21-10-15-19-18-12(3)20(15)4/h6-8,14H,5,9-10,17H2,1-4H3. The predicted octanol–water partition coefficient (Wildman–Crippen LogP) is 2.29. The second-order valence-corrected chi connectivity index (χ2v) is 5.45. The number of ether oxygens (including phenoxy) is 1. The number of nitrogens with two attached hydrogens (primary N) is 1. The van der Waals surface area contributed by atoms with Gasteiger partial charge in [0.15, 0.2) is 5.82 Å². The first-order valence-electron chi connectivity index (χ1n) is 7.34. The van der Waals surface area contributed by atoms with E-state index in [4.69, 9.17) is 10.5 Å². The van der Waals surface area contributed by atoms with Crippen LogP contribution in [0.3, 0.4) is 0 Å². The first-order valence-corrected chi connectivity index (χ1v) is 7.34. The van der Waals surface area contributed by atoms with Crippen LogP contribution in [0.25, 0.3) is 0 Å². The molecule has 0 saturated heterocycles. The monoisotopic (exact) mass is 288 g/mol. The molecule has 1 atom stereocenters. The van der Waals surface area contributed by atoms with Crippen LogP contribution >= 0.6 is 0 Å². The molecule has 1 aromatic carbocycles. The van der Waals surface area contributed by atoms with Gasteiger partial charge in [0, 0.05) is 13.1 Å². The zero-order valence-corrected chi connectivity index (χ0v) is 13.3. The van der Waals surface area contributed by atoms with Crippen molar-refractivity contribution in [2.24, 2.45) is 12.8 Å². The maximum atomic E-state index is 6.08. The highest BCUT2D eigenvalue weighted by molar-refractivity contribution is 5.41. The lowest BCUT2D eigenvalue weighted by molar-refractivity contribution is 0.285. The minimum absolute atomic E-state index is 0.159. The molecule has 0 bridgehead atoms. The van der Waals surface area contributed by atoms with Gasteiger partial charge >= 0.3 is 0 Å². The van der Waals surface area contributed by atoms with Gasteiger partial charge in [-0.25, -0.2) is 0 Å². The van der Waals surface area contributed by atoms with E-state index in [1.54, 1.807) is 0 Å². The molecule has 5 nitrogen and oxygen atoms in total. The van der Waals surface area contributed by atoms with Crippen LogP contribution in [0.15, 0.2) is 18.2 Å². The molecule has 1 heterocycles. The summed E-state index contributed by atoms with van der Waals surface area (Å²) in [4.78, 5) is 0. The highest BCUT2D eigenvalue weighted by Gasteiger charge is 2.12. The molecule has 1 unspecified atom stereocenters. The molecule has 0 aliphatic heterocycles. The van der Waals surface area contributed by atoms with Crippen LogP contribution in [0.1, 0.15) is 36.1 Å². The number of aryl methyl sites for hydroxylation is 2. The van der Waals surface area contributed by atoms with Crippen LogP contribution in [0.2, 0.25) is 0 Å². The number of hydrogen-bond donors (Lipinski definition) is 1. The molecule has 0 spiro atoms. The fourth-order valence-electron chi connectivity index (χ4n) is 2.22. The largest absolute Gasteiger partial charge is 0.485 e. The van der Waals surface area contributed by atoms with Gasteiger partial charge in [0.1, 0.15) is 18.2 Å². The van der Waals surface area contributed by atoms with Crippen molar-refractivity contribution in [1.29, 1.82) is 0 Å². The lowest BCUT2D eigenvalue weighted by Crippen LogP contribution is -2.22. The first-order chi connectivity index (χ1) is 10.0. The van der Waals surface area contributed by atoms with Crippen molar-refractivity contribution in [3.63, 3.8) is 0 Å². The maximum Gasteiger partial charge on any atom is 0.170 e. The third-order valence-corrected chi connectivity index (χ3v) is 3.83. The Morgan fingerprint density at radius 3 is 2.67 bits per heavy atom. The second kappa shape index (κ2) is 6.72. The van der Waals surface area contributed by atoms with Gasteiger partial charge in [-0.15, -0.1) is 10.2 Å². The van der Waals surface area contributed by atoms with Crippen LogP contribution in [-0.2, 0) is 20.1 Å². The highest BCUT2D eigenvalue weighted by atomic mass is 16.5. The molecule has 2 N–H and O–H groups in total. The minimum atomic E-state index is 0.159. The van der Waals surface area contributed by atoms with Gasteiger partial charge in [-0.3, -0.25) is 0 Å². The Hall–Kier alpha value is -1.88. The normalized spacial score (nSPS) is 12.4. The number of benzene rings is 1. The molecule has 2 rings (SSSR count). The Labute approximate surface area is 126 Å². The Balaban J connectivity index is 2.17. The van der Waals surface area contributed by atoms with E-state index in [1.807, 2.05) is 24.6 Å². The molecule has 0 fully saturated rings. The van der Waals surface area contributed by atoms with Gasteiger partial charge in [-0.2, -0.15) is 0 Å². The summed E-state index contributed by atoms with van der Waals surface area (Å²) in [7, 11) is 1.94. The molecular weight excluding hydrogens is 264 g/mol. The SMILES string of the molecule is CCC(N)Cc1cccc(C)c1OCc1nnc(C)n1C. The predicted molar refractivity (Wildman–Crippen MR) is 83.2 cm³/mol. The summed E-state index contributed by atoms with van der Waals surface area (Å²) in [5.74, 6) is 2.62. The molecule has 21 heavy (non-hydrogen) atoms. The Bertz CT molecular complexity index is 606. The topological polar surface area (TPSA) is 66.0 Å². The van der Waals surface area contributed by atoms with Crippen LogP contribution in [0.5, 0.6) is 5.75 Å². The fraction of sp³-hybridized carbons (Fsp3) is 0.500. The number of rotatable bonds is 6. The van der Waals surface area contributed by atoms with E-state index < -0.39 is 0 Å². The van der Waals surface area contributed by atoms with E-state index in [1.165, 1.54) is 0 Å². The summed E-state index contributed by atoms with van der Waals surface area (Å²) in [6.45, 7) is 6.49. The molecule has 114 valence electrons. The fourth-order valence-corrected chi connectivity index (χ4v) is 2.22. The van der Waals surface area contributed by atoms with Crippen LogP contribution < -0.4 is 10.5 Å². The average Bonchev–Trinajstić information content (AvgIpc) is 2.78. The van der Waals surface area contributed by atoms with E-state index in [2.05, 4.69) is 36.2 Å². The molecule has 0 amide bonds. The molecule has 2 aromatic rings. The number of hydrogen-bond acceptors (Lipinski definition) is 4. The number of aromatic nitrogens is 3. The lowest BCUT2D eigenvalue weighted by atomic mass is 10.0. The Morgan fingerprint density at radius 1 is 1.29 bits per heavy atom. The van der Waals surface area contributed by atoms with E-state index >= 15 is 0 Å². The highest BCUT2D eigenvalue weighted by Crippen LogP contribution is 2.25. The molecule has 0 saturated carbocycles. The van der Waals surface area contributed by atoms with Crippen molar-refractivity contribution >= 4 is 0 Å². The van der Waals surface area contributed by atoms with Crippen molar-refractivity contribution in [2.45, 2.75) is 46.3 Å². The van der Waals surface area contributed by atoms with Gasteiger partial charge in [0.2, 0.25) is 0 Å². The zero-order chi connectivity index (χ0) is 15.4. The zero-order valence-electron chi connectivity index (χ0n) is 13.3. The van der Waals surface area contributed by atoms with Crippen molar-refractivity contribution in [1.82, 2.24) is 14.8 Å². The van der Waals surface area contributed by atoms with Crippen molar-refractivity contribution in [2.75, 3.05) is 0 Å². The Kier molecular flexibility index (Phi) is 4.96. The number of nitrogens with zero attached hydrogens (tertiary/aromatic N) is 3. The van der Waals surface area contributed by atoms with Crippen LogP contribution in [0.4, 0.5) is 0 Å². The molecule has 1 aromatic heterocycles. The van der Waals surface area contributed by atoms with E-state index in [0.29, 0.717) is 6.61 Å². The summed E-state index contributed by atoms with van der Waals surface area (Å²) in [5.41, 5.74) is 8.35. The lowest BCUT2D eigenvalue weighted by Gasteiger charge is -2.16. The van der Waals surface area contributed by atoms with E-state index in [9.17, 15) is 0 Å². The third-order valence-electron chi connectivity index (χ3n) is 3.83. The summed E-state index contributed by atoms with van der Waals surface area (Å²) in [6, 6.07) is 6.34. The molecule has 5 heteroatoms. The summed E-state index contributed by atoms with van der Waals surface area (Å²) in [5, 5.41) is 8.18. The molecule has 0 aliphatic carbocycles. The third kappa shape index (κ3) is 3.61. The van der Waals surface area contributed by atoms with Crippen LogP contribution in [-0.4, -0.2) is 20.8 Å². The maximum absolute atomic E-state index is 6.08. The second-order valence-electron chi connectivity index (χ2n) is 5.45. The Morgan fingerprint density at radius 2 is 2.05 bits per heavy atom. The van der Waals surface area contributed by atoms with E-state index in [-0.39, 0.29) is 6.04 Å². The van der Waals surface area contributed by atoms with E-state index in [0.717, 1.165) is 41.4 Å². The van der Waals surface area contributed by atoms with Crippen molar-refractivity contribution < 1.29 is 4.74 Å². The first kappa shape index (κ1) is 15.5. The number of para-hydroxylation sites is 1.